The van der Waals surface area contributed by atoms with Gasteiger partial charge < -0.3 is 14.2 Å². The normalized spacial score (nSPS) is 33.2. The number of hydrogen-bond donors (Lipinski definition) is 0. The summed E-state index contributed by atoms with van der Waals surface area (Å²) in [5, 5.41) is 0. The summed E-state index contributed by atoms with van der Waals surface area (Å²) in [7, 11) is 3.48. The lowest BCUT2D eigenvalue weighted by atomic mass is 10.2. The molecule has 0 radical (unpaired) electrons. The van der Waals surface area contributed by atoms with Crippen molar-refractivity contribution in [3.63, 3.8) is 0 Å². The zero-order valence-corrected chi connectivity index (χ0v) is 9.65. The van der Waals surface area contributed by atoms with Gasteiger partial charge >= 0.3 is 0 Å². The van der Waals surface area contributed by atoms with E-state index in [1.54, 1.807) is 14.2 Å². The summed E-state index contributed by atoms with van der Waals surface area (Å²) in [6, 6.07) is 1.22. The summed E-state index contributed by atoms with van der Waals surface area (Å²) in [5.41, 5.74) is 0. The van der Waals surface area contributed by atoms with Crippen molar-refractivity contribution in [3.05, 3.63) is 0 Å². The van der Waals surface area contributed by atoms with Crippen LogP contribution in [0.2, 0.25) is 0 Å². The fraction of sp³-hybridized carbons (Fsp3) is 1.00. The van der Waals surface area contributed by atoms with Gasteiger partial charge in [-0.25, -0.2) is 0 Å². The van der Waals surface area contributed by atoms with E-state index in [1.165, 1.54) is 12.8 Å². The standard InChI is InChI=1S/C11H21NO3/c1-13-8-11(14-2)5-12-9-3-4-10(12)7-15-6-9/h9-11H,3-8H2,1-2H3/t9?,10?,11-/m0/s1. The number of morpholine rings is 1. The van der Waals surface area contributed by atoms with Crippen molar-refractivity contribution in [2.45, 2.75) is 31.0 Å². The topological polar surface area (TPSA) is 30.9 Å². The molecule has 4 nitrogen and oxygen atoms in total. The largest absolute Gasteiger partial charge is 0.382 e. The van der Waals surface area contributed by atoms with Crippen LogP contribution in [-0.2, 0) is 14.2 Å². The molecular formula is C11H21NO3. The molecule has 2 saturated heterocycles. The summed E-state index contributed by atoms with van der Waals surface area (Å²) in [6.45, 7) is 3.43. The van der Waals surface area contributed by atoms with Gasteiger partial charge in [0.05, 0.1) is 25.9 Å². The molecule has 0 amide bonds. The number of nitrogens with zero attached hydrogens (tertiary/aromatic N) is 1. The summed E-state index contributed by atoms with van der Waals surface area (Å²) < 4.78 is 16.1. The SMILES string of the molecule is COC[C@H](CN1C2CCC1COC2)OC. The molecule has 0 aromatic rings. The Hall–Kier alpha value is -0.160. The number of ether oxygens (including phenoxy) is 3. The second-order valence-electron chi connectivity index (χ2n) is 4.43. The molecule has 88 valence electrons. The Balaban J connectivity index is 1.87. The highest BCUT2D eigenvalue weighted by Crippen LogP contribution is 2.28. The third kappa shape index (κ3) is 2.50. The molecule has 2 aliphatic heterocycles. The molecule has 0 saturated carbocycles. The van der Waals surface area contributed by atoms with Crippen molar-refractivity contribution in [3.8, 4) is 0 Å². The number of fused-ring (bicyclic) bond motifs is 2. The van der Waals surface area contributed by atoms with Crippen molar-refractivity contribution in [2.75, 3.05) is 40.6 Å². The van der Waals surface area contributed by atoms with E-state index < -0.39 is 0 Å². The lowest BCUT2D eigenvalue weighted by molar-refractivity contribution is -0.0540. The highest BCUT2D eigenvalue weighted by molar-refractivity contribution is 4.91. The fourth-order valence-corrected chi connectivity index (χ4v) is 2.63. The summed E-state index contributed by atoms with van der Waals surface area (Å²) >= 11 is 0. The number of methoxy groups -OCH3 is 2. The molecule has 4 heteroatoms. The molecule has 0 aliphatic carbocycles. The maximum Gasteiger partial charge on any atom is 0.0931 e. The van der Waals surface area contributed by atoms with E-state index in [9.17, 15) is 0 Å². The van der Waals surface area contributed by atoms with Crippen LogP contribution in [0.15, 0.2) is 0 Å². The van der Waals surface area contributed by atoms with Crippen LogP contribution in [0, 0.1) is 0 Å². The van der Waals surface area contributed by atoms with E-state index in [0.29, 0.717) is 18.7 Å². The van der Waals surface area contributed by atoms with Gasteiger partial charge in [0.25, 0.3) is 0 Å². The molecule has 2 rings (SSSR count). The van der Waals surface area contributed by atoms with Gasteiger partial charge in [0, 0.05) is 32.8 Å². The number of rotatable bonds is 5. The van der Waals surface area contributed by atoms with Gasteiger partial charge in [-0.05, 0) is 12.8 Å². The van der Waals surface area contributed by atoms with Crippen molar-refractivity contribution in [2.24, 2.45) is 0 Å². The first-order valence-electron chi connectivity index (χ1n) is 5.70. The lowest BCUT2D eigenvalue weighted by Gasteiger charge is -2.36. The Kier molecular flexibility index (Phi) is 3.97. The fourth-order valence-electron chi connectivity index (χ4n) is 2.63. The average Bonchev–Trinajstić information content (AvgIpc) is 2.51. The van der Waals surface area contributed by atoms with Crippen LogP contribution in [-0.4, -0.2) is 63.7 Å². The van der Waals surface area contributed by atoms with E-state index >= 15 is 0 Å². The minimum Gasteiger partial charge on any atom is -0.382 e. The zero-order valence-electron chi connectivity index (χ0n) is 9.65. The third-order valence-corrected chi connectivity index (χ3v) is 3.49. The first kappa shape index (κ1) is 11.3. The van der Waals surface area contributed by atoms with Gasteiger partial charge in [-0.15, -0.1) is 0 Å². The zero-order chi connectivity index (χ0) is 10.7. The Morgan fingerprint density at radius 2 is 1.93 bits per heavy atom. The second kappa shape index (κ2) is 5.25. The van der Waals surface area contributed by atoms with Gasteiger partial charge in [0.15, 0.2) is 0 Å². The van der Waals surface area contributed by atoms with Crippen LogP contribution < -0.4 is 0 Å². The molecule has 0 aromatic carbocycles. The van der Waals surface area contributed by atoms with Crippen molar-refractivity contribution >= 4 is 0 Å². The van der Waals surface area contributed by atoms with Crippen LogP contribution in [0.3, 0.4) is 0 Å². The average molecular weight is 215 g/mol. The van der Waals surface area contributed by atoms with Crippen molar-refractivity contribution in [1.29, 1.82) is 0 Å². The van der Waals surface area contributed by atoms with Gasteiger partial charge in [-0.2, -0.15) is 0 Å². The smallest absolute Gasteiger partial charge is 0.0931 e. The summed E-state index contributed by atoms with van der Waals surface area (Å²) in [5.74, 6) is 0. The van der Waals surface area contributed by atoms with Gasteiger partial charge in [0.1, 0.15) is 0 Å². The van der Waals surface area contributed by atoms with E-state index in [1.807, 2.05) is 0 Å². The van der Waals surface area contributed by atoms with Gasteiger partial charge in [0.2, 0.25) is 0 Å². The predicted molar refractivity (Wildman–Crippen MR) is 57.0 cm³/mol. The number of hydrogen-bond acceptors (Lipinski definition) is 4. The molecule has 15 heavy (non-hydrogen) atoms. The first-order valence-corrected chi connectivity index (χ1v) is 5.70. The molecule has 2 unspecified atom stereocenters. The third-order valence-electron chi connectivity index (χ3n) is 3.49. The Morgan fingerprint density at radius 3 is 2.47 bits per heavy atom. The van der Waals surface area contributed by atoms with Gasteiger partial charge in [-0.1, -0.05) is 0 Å². The van der Waals surface area contributed by atoms with E-state index in [2.05, 4.69) is 4.90 Å². The summed E-state index contributed by atoms with van der Waals surface area (Å²) in [6.07, 6.45) is 2.73. The van der Waals surface area contributed by atoms with Crippen LogP contribution in [0.25, 0.3) is 0 Å². The quantitative estimate of drug-likeness (QED) is 0.668. The molecule has 0 N–H and O–H groups in total. The molecule has 3 atom stereocenters. The van der Waals surface area contributed by atoms with Crippen LogP contribution in [0.1, 0.15) is 12.8 Å². The maximum absolute atomic E-state index is 5.55. The maximum atomic E-state index is 5.55. The highest BCUT2D eigenvalue weighted by atomic mass is 16.5. The Labute approximate surface area is 91.5 Å². The molecule has 2 bridgehead atoms. The van der Waals surface area contributed by atoms with Crippen molar-refractivity contribution in [1.82, 2.24) is 4.90 Å². The Bertz CT molecular complexity index is 184. The first-order chi connectivity index (χ1) is 7.35. The molecule has 0 spiro atoms. The van der Waals surface area contributed by atoms with Crippen LogP contribution >= 0.6 is 0 Å². The highest BCUT2D eigenvalue weighted by Gasteiger charge is 2.38. The van der Waals surface area contributed by atoms with Crippen LogP contribution in [0.5, 0.6) is 0 Å². The van der Waals surface area contributed by atoms with Crippen molar-refractivity contribution < 1.29 is 14.2 Å². The molecule has 0 aromatic heterocycles. The van der Waals surface area contributed by atoms with Gasteiger partial charge in [-0.3, -0.25) is 4.90 Å². The predicted octanol–water partition coefficient (Wildman–Crippen LogP) is 0.511. The minimum absolute atomic E-state index is 0.191. The minimum atomic E-state index is 0.191. The van der Waals surface area contributed by atoms with Crippen LogP contribution in [0.4, 0.5) is 0 Å². The molecule has 2 heterocycles. The lowest BCUT2D eigenvalue weighted by Crippen LogP contribution is -2.49. The molecular weight excluding hydrogens is 194 g/mol. The summed E-state index contributed by atoms with van der Waals surface area (Å²) in [4.78, 5) is 2.54. The monoisotopic (exact) mass is 215 g/mol. The van der Waals surface area contributed by atoms with E-state index in [4.69, 9.17) is 14.2 Å². The second-order valence-corrected chi connectivity index (χ2v) is 4.43. The molecule has 2 fully saturated rings. The molecule has 2 aliphatic rings. The van der Waals surface area contributed by atoms with E-state index in [0.717, 1.165) is 19.8 Å². The Morgan fingerprint density at radius 1 is 1.27 bits per heavy atom. The van der Waals surface area contributed by atoms with E-state index in [-0.39, 0.29) is 6.10 Å².